The van der Waals surface area contributed by atoms with E-state index in [1.54, 1.807) is 0 Å². The van der Waals surface area contributed by atoms with Crippen molar-refractivity contribution in [2.24, 2.45) is 0 Å². The predicted molar refractivity (Wildman–Crippen MR) is 79.6 cm³/mol. The van der Waals surface area contributed by atoms with Crippen LogP contribution in [0.3, 0.4) is 0 Å². The van der Waals surface area contributed by atoms with E-state index in [0.29, 0.717) is 5.92 Å². The number of likely N-dealkylation sites (N-methyl/N-ethyl adjacent to an activating group) is 1. The van der Waals surface area contributed by atoms with Crippen LogP contribution in [0.25, 0.3) is 0 Å². The van der Waals surface area contributed by atoms with Crippen molar-refractivity contribution >= 4 is 5.69 Å². The van der Waals surface area contributed by atoms with Crippen molar-refractivity contribution in [3.63, 3.8) is 0 Å². The first kappa shape index (κ1) is 13.4. The summed E-state index contributed by atoms with van der Waals surface area (Å²) >= 11 is 0. The van der Waals surface area contributed by atoms with Crippen molar-refractivity contribution in [1.82, 2.24) is 4.90 Å². The fourth-order valence-corrected chi connectivity index (χ4v) is 2.73. The van der Waals surface area contributed by atoms with Crippen molar-refractivity contribution in [3.05, 3.63) is 29.3 Å². The fourth-order valence-electron chi connectivity index (χ4n) is 2.73. The second-order valence-electron chi connectivity index (χ2n) is 5.64. The molecule has 1 aromatic carbocycles. The molecule has 2 rings (SSSR count). The molecule has 0 N–H and O–H groups in total. The highest BCUT2D eigenvalue weighted by Gasteiger charge is 2.19. The van der Waals surface area contributed by atoms with E-state index in [-0.39, 0.29) is 0 Å². The lowest BCUT2D eigenvalue weighted by atomic mass is 9.98. The number of hydrogen-bond donors (Lipinski definition) is 0. The lowest BCUT2D eigenvalue weighted by molar-refractivity contribution is 0.271. The third kappa shape index (κ3) is 2.86. The van der Waals surface area contributed by atoms with Crippen LogP contribution >= 0.6 is 0 Å². The Balaban J connectivity index is 2.18. The van der Waals surface area contributed by atoms with Gasteiger partial charge in [0.2, 0.25) is 0 Å². The maximum atomic E-state index is 2.56. The van der Waals surface area contributed by atoms with Crippen LogP contribution in [-0.2, 0) is 0 Å². The number of aryl methyl sites for hydroxylation is 1. The van der Waals surface area contributed by atoms with Gasteiger partial charge in [-0.3, -0.25) is 0 Å². The first-order chi connectivity index (χ1) is 8.61. The molecule has 1 aliphatic heterocycles. The second-order valence-corrected chi connectivity index (χ2v) is 5.64. The molecule has 0 atom stereocenters. The Morgan fingerprint density at radius 1 is 1.11 bits per heavy atom. The molecular formula is C16H26N2. The smallest absolute Gasteiger partial charge is 0.0402 e. The molecule has 0 amide bonds. The summed E-state index contributed by atoms with van der Waals surface area (Å²) in [6, 6.07) is 6.91. The highest BCUT2D eigenvalue weighted by Crippen LogP contribution is 2.29. The summed E-state index contributed by atoms with van der Waals surface area (Å²) in [5.74, 6) is 0.601. The van der Waals surface area contributed by atoms with Gasteiger partial charge in [-0.05, 0) is 31.0 Å². The molecule has 18 heavy (non-hydrogen) atoms. The molecule has 2 heteroatoms. The van der Waals surface area contributed by atoms with E-state index in [9.17, 15) is 0 Å². The molecule has 0 spiro atoms. The highest BCUT2D eigenvalue weighted by atomic mass is 15.3. The monoisotopic (exact) mass is 246 g/mol. The quantitative estimate of drug-likeness (QED) is 0.807. The summed E-state index contributed by atoms with van der Waals surface area (Å²) < 4.78 is 0. The van der Waals surface area contributed by atoms with Crippen molar-refractivity contribution < 1.29 is 0 Å². The summed E-state index contributed by atoms with van der Waals surface area (Å²) in [6.07, 6.45) is 0. The van der Waals surface area contributed by atoms with Crippen molar-refractivity contribution in [3.8, 4) is 0 Å². The molecule has 0 aromatic heterocycles. The molecular weight excluding hydrogens is 220 g/mol. The first-order valence-electron chi connectivity index (χ1n) is 7.19. The van der Waals surface area contributed by atoms with Crippen LogP contribution in [-0.4, -0.2) is 37.6 Å². The highest BCUT2D eigenvalue weighted by molar-refractivity contribution is 5.56. The summed E-state index contributed by atoms with van der Waals surface area (Å²) in [6.45, 7) is 14.9. The van der Waals surface area contributed by atoms with Crippen molar-refractivity contribution in [2.75, 3.05) is 37.6 Å². The zero-order valence-corrected chi connectivity index (χ0v) is 12.2. The van der Waals surface area contributed by atoms with E-state index < -0.39 is 0 Å². The lowest BCUT2D eigenvalue weighted by Crippen LogP contribution is -2.46. The number of piperazine rings is 1. The Morgan fingerprint density at radius 3 is 2.33 bits per heavy atom. The van der Waals surface area contributed by atoms with E-state index in [1.807, 2.05) is 0 Å². The van der Waals surface area contributed by atoms with Crippen molar-refractivity contribution in [1.29, 1.82) is 0 Å². The van der Waals surface area contributed by atoms with Gasteiger partial charge in [-0.25, -0.2) is 0 Å². The minimum atomic E-state index is 0.601. The number of benzene rings is 1. The fraction of sp³-hybridized carbons (Fsp3) is 0.625. The van der Waals surface area contributed by atoms with E-state index in [1.165, 1.54) is 36.4 Å². The van der Waals surface area contributed by atoms with Gasteiger partial charge in [0.05, 0.1) is 0 Å². The topological polar surface area (TPSA) is 6.48 Å². The van der Waals surface area contributed by atoms with Crippen molar-refractivity contribution in [2.45, 2.75) is 33.6 Å². The average molecular weight is 246 g/mol. The molecule has 1 saturated heterocycles. The van der Waals surface area contributed by atoms with Crippen LogP contribution in [0.5, 0.6) is 0 Å². The van der Waals surface area contributed by atoms with Gasteiger partial charge < -0.3 is 9.80 Å². The molecule has 1 aromatic rings. The van der Waals surface area contributed by atoms with E-state index in [0.717, 1.165) is 13.1 Å². The van der Waals surface area contributed by atoms with Crippen LogP contribution in [0.1, 0.15) is 37.8 Å². The van der Waals surface area contributed by atoms with Gasteiger partial charge in [0.25, 0.3) is 0 Å². The Hall–Kier alpha value is -1.02. The predicted octanol–water partition coefficient (Wildman–Crippen LogP) is 3.26. The summed E-state index contributed by atoms with van der Waals surface area (Å²) in [4.78, 5) is 5.08. The molecule has 2 nitrogen and oxygen atoms in total. The maximum absolute atomic E-state index is 2.56. The van der Waals surface area contributed by atoms with Gasteiger partial charge in [0, 0.05) is 31.9 Å². The Kier molecular flexibility index (Phi) is 4.28. The van der Waals surface area contributed by atoms with Crippen LogP contribution in [0.4, 0.5) is 5.69 Å². The molecule has 0 bridgehead atoms. The van der Waals surface area contributed by atoms with Crippen LogP contribution in [0, 0.1) is 6.92 Å². The zero-order valence-electron chi connectivity index (χ0n) is 12.2. The largest absolute Gasteiger partial charge is 0.369 e. The Labute approximate surface area is 112 Å². The summed E-state index contributed by atoms with van der Waals surface area (Å²) in [5.41, 5.74) is 4.32. The number of nitrogens with zero attached hydrogens (tertiary/aromatic N) is 2. The Bertz CT molecular complexity index is 390. The minimum Gasteiger partial charge on any atom is -0.369 e. The van der Waals surface area contributed by atoms with Gasteiger partial charge in [0.15, 0.2) is 0 Å². The third-order valence-corrected chi connectivity index (χ3v) is 3.97. The molecule has 100 valence electrons. The zero-order chi connectivity index (χ0) is 13.1. The molecule has 1 aliphatic rings. The standard InChI is InChI=1S/C16H26N2/c1-5-17-8-10-18(11-9-17)16-7-6-14(4)12-15(16)13(2)3/h6-7,12-13H,5,8-11H2,1-4H3. The minimum absolute atomic E-state index is 0.601. The van der Waals surface area contributed by atoms with Crippen LogP contribution in [0.2, 0.25) is 0 Å². The summed E-state index contributed by atoms with van der Waals surface area (Å²) in [5, 5.41) is 0. The number of hydrogen-bond acceptors (Lipinski definition) is 2. The van der Waals surface area contributed by atoms with E-state index in [2.05, 4.69) is 55.7 Å². The second kappa shape index (κ2) is 5.75. The third-order valence-electron chi connectivity index (χ3n) is 3.97. The van der Waals surface area contributed by atoms with Crippen LogP contribution in [0.15, 0.2) is 18.2 Å². The first-order valence-corrected chi connectivity index (χ1v) is 7.19. The SMILES string of the molecule is CCN1CCN(c2ccc(C)cc2C(C)C)CC1. The van der Waals surface area contributed by atoms with Gasteiger partial charge in [0.1, 0.15) is 0 Å². The number of rotatable bonds is 3. The molecule has 0 radical (unpaired) electrons. The Morgan fingerprint density at radius 2 is 1.78 bits per heavy atom. The molecule has 0 saturated carbocycles. The number of anilines is 1. The van der Waals surface area contributed by atoms with Gasteiger partial charge in [-0.2, -0.15) is 0 Å². The van der Waals surface area contributed by atoms with Crippen LogP contribution < -0.4 is 4.90 Å². The lowest BCUT2D eigenvalue weighted by Gasteiger charge is -2.37. The van der Waals surface area contributed by atoms with Gasteiger partial charge >= 0.3 is 0 Å². The maximum Gasteiger partial charge on any atom is 0.0402 e. The van der Waals surface area contributed by atoms with E-state index >= 15 is 0 Å². The van der Waals surface area contributed by atoms with E-state index in [4.69, 9.17) is 0 Å². The molecule has 1 fully saturated rings. The van der Waals surface area contributed by atoms with Gasteiger partial charge in [-0.1, -0.05) is 38.5 Å². The average Bonchev–Trinajstić information content (AvgIpc) is 2.39. The molecule has 0 unspecified atom stereocenters. The summed E-state index contributed by atoms with van der Waals surface area (Å²) in [7, 11) is 0. The molecule has 0 aliphatic carbocycles. The normalized spacial score (nSPS) is 17.5. The molecule has 1 heterocycles. The van der Waals surface area contributed by atoms with Gasteiger partial charge in [-0.15, -0.1) is 0 Å².